The third-order valence-electron chi connectivity index (χ3n) is 5.26. The third kappa shape index (κ3) is 6.02. The lowest BCUT2D eigenvalue weighted by Crippen LogP contribution is -2.45. The van der Waals surface area contributed by atoms with Gasteiger partial charge in [0.1, 0.15) is 0 Å². The Morgan fingerprint density at radius 2 is 1.67 bits per heavy atom. The summed E-state index contributed by atoms with van der Waals surface area (Å²) in [6, 6.07) is 7.61. The number of morpholine rings is 1. The summed E-state index contributed by atoms with van der Waals surface area (Å²) in [5.41, 5.74) is 1.73. The molecule has 0 aliphatic carbocycles. The van der Waals surface area contributed by atoms with Crippen molar-refractivity contribution in [2.75, 3.05) is 77.5 Å². The summed E-state index contributed by atoms with van der Waals surface area (Å²) in [7, 11) is 2.11. The highest BCUT2D eigenvalue weighted by atomic mass is 16.5. The number of anilines is 1. The summed E-state index contributed by atoms with van der Waals surface area (Å²) in [5.74, 6) is -0.122. The van der Waals surface area contributed by atoms with Gasteiger partial charge in [-0.2, -0.15) is 0 Å². The highest BCUT2D eigenvalue weighted by Crippen LogP contribution is 2.16. The van der Waals surface area contributed by atoms with Crippen LogP contribution in [0, 0.1) is 0 Å². The summed E-state index contributed by atoms with van der Waals surface area (Å²) < 4.78 is 5.36. The molecule has 0 spiro atoms. The van der Waals surface area contributed by atoms with E-state index in [0.29, 0.717) is 12.0 Å². The van der Waals surface area contributed by atoms with E-state index < -0.39 is 0 Å². The smallest absolute Gasteiger partial charge is 0.221 e. The van der Waals surface area contributed by atoms with E-state index in [1.165, 1.54) is 0 Å². The molecule has 0 atom stereocenters. The number of ether oxygens (including phenoxy) is 1. The zero-order valence-corrected chi connectivity index (χ0v) is 16.2. The van der Waals surface area contributed by atoms with Crippen LogP contribution in [-0.2, 0) is 9.53 Å². The summed E-state index contributed by atoms with van der Waals surface area (Å²) in [6.45, 7) is 8.10. The lowest BCUT2D eigenvalue weighted by atomic mass is 10.1. The van der Waals surface area contributed by atoms with Crippen LogP contribution in [0.1, 0.15) is 16.8 Å². The second-order valence-corrected chi connectivity index (χ2v) is 7.24. The first-order valence-corrected chi connectivity index (χ1v) is 9.75. The van der Waals surface area contributed by atoms with E-state index in [-0.39, 0.29) is 18.2 Å². The van der Waals surface area contributed by atoms with E-state index in [1.807, 2.05) is 24.3 Å². The van der Waals surface area contributed by atoms with Gasteiger partial charge in [-0.15, -0.1) is 0 Å². The van der Waals surface area contributed by atoms with E-state index in [1.54, 1.807) is 0 Å². The van der Waals surface area contributed by atoms with Gasteiger partial charge in [-0.25, -0.2) is 0 Å². The fourth-order valence-corrected chi connectivity index (χ4v) is 3.38. The number of nitrogens with zero attached hydrogens (tertiary/aromatic N) is 3. The molecule has 1 aromatic rings. The molecule has 7 heteroatoms. The number of benzene rings is 1. The Kier molecular flexibility index (Phi) is 7.20. The van der Waals surface area contributed by atoms with E-state index >= 15 is 0 Å². The molecule has 2 heterocycles. The third-order valence-corrected chi connectivity index (χ3v) is 5.26. The molecule has 1 amide bonds. The standard InChI is InChI=1S/C20H30N4O3/c1-22-8-10-23(11-9-22)7-6-20(26)21-16-19(25)17-2-4-18(5-3-17)24-12-14-27-15-13-24/h2-5H,6-16H2,1H3,(H,21,26). The first-order chi connectivity index (χ1) is 13.1. The van der Waals surface area contributed by atoms with Crippen LogP contribution in [0.5, 0.6) is 0 Å². The lowest BCUT2D eigenvalue weighted by Gasteiger charge is -2.32. The Labute approximate surface area is 161 Å². The Hall–Kier alpha value is -1.96. The van der Waals surface area contributed by atoms with Gasteiger partial charge in [0.05, 0.1) is 19.8 Å². The number of nitrogens with one attached hydrogen (secondary N) is 1. The second-order valence-electron chi connectivity index (χ2n) is 7.24. The number of rotatable bonds is 7. The van der Waals surface area contributed by atoms with E-state index in [9.17, 15) is 9.59 Å². The Morgan fingerprint density at radius 1 is 1.00 bits per heavy atom. The van der Waals surface area contributed by atoms with Gasteiger partial charge in [0.15, 0.2) is 5.78 Å². The molecule has 3 rings (SSSR count). The molecule has 1 aromatic carbocycles. The second kappa shape index (κ2) is 9.82. The Bertz CT molecular complexity index is 621. The molecule has 0 saturated carbocycles. The number of ketones is 1. The van der Waals surface area contributed by atoms with Crippen molar-refractivity contribution in [3.8, 4) is 0 Å². The summed E-state index contributed by atoms with van der Waals surface area (Å²) >= 11 is 0. The van der Waals surface area contributed by atoms with Gasteiger partial charge in [-0.1, -0.05) is 0 Å². The maximum Gasteiger partial charge on any atom is 0.221 e. The van der Waals surface area contributed by atoms with Crippen molar-refractivity contribution < 1.29 is 14.3 Å². The summed E-state index contributed by atoms with van der Waals surface area (Å²) in [4.78, 5) is 31.2. The molecular formula is C20H30N4O3. The average Bonchev–Trinajstić information content (AvgIpc) is 2.72. The predicted molar refractivity (Wildman–Crippen MR) is 105 cm³/mol. The monoisotopic (exact) mass is 374 g/mol. The van der Waals surface area contributed by atoms with Gasteiger partial charge in [-0.05, 0) is 31.3 Å². The Balaban J connectivity index is 1.38. The number of amides is 1. The number of piperazine rings is 1. The quantitative estimate of drug-likeness (QED) is 0.700. The normalized spacial score (nSPS) is 19.1. The molecule has 0 radical (unpaired) electrons. The maximum atomic E-state index is 12.3. The van der Waals surface area contributed by atoms with Gasteiger partial charge in [0.2, 0.25) is 5.91 Å². The van der Waals surface area contributed by atoms with E-state index in [0.717, 1.165) is 64.7 Å². The number of carbonyl (C=O) groups excluding carboxylic acids is 2. The van der Waals surface area contributed by atoms with Gasteiger partial charge in [0.25, 0.3) is 0 Å². The fraction of sp³-hybridized carbons (Fsp3) is 0.600. The molecule has 148 valence electrons. The fourth-order valence-electron chi connectivity index (χ4n) is 3.38. The first-order valence-electron chi connectivity index (χ1n) is 9.75. The van der Waals surface area contributed by atoms with Gasteiger partial charge in [-0.3, -0.25) is 9.59 Å². The molecule has 0 unspecified atom stereocenters. The molecule has 2 saturated heterocycles. The van der Waals surface area contributed by atoms with Crippen LogP contribution < -0.4 is 10.2 Å². The topological polar surface area (TPSA) is 65.1 Å². The predicted octanol–water partition coefficient (Wildman–Crippen LogP) is 0.460. The molecule has 2 fully saturated rings. The molecule has 1 N–H and O–H groups in total. The SMILES string of the molecule is CN1CCN(CCC(=O)NCC(=O)c2ccc(N3CCOCC3)cc2)CC1. The molecular weight excluding hydrogens is 344 g/mol. The molecule has 2 aliphatic heterocycles. The van der Waals surface area contributed by atoms with E-state index in [4.69, 9.17) is 4.74 Å². The zero-order valence-electron chi connectivity index (χ0n) is 16.2. The minimum Gasteiger partial charge on any atom is -0.378 e. The molecule has 2 aliphatic rings. The van der Waals surface area contributed by atoms with Crippen LogP contribution in [-0.4, -0.2) is 94.1 Å². The van der Waals surface area contributed by atoms with Crippen molar-refractivity contribution in [1.82, 2.24) is 15.1 Å². The van der Waals surface area contributed by atoms with Crippen LogP contribution in [0.3, 0.4) is 0 Å². The van der Waals surface area contributed by atoms with Crippen LogP contribution >= 0.6 is 0 Å². The van der Waals surface area contributed by atoms with Gasteiger partial charge >= 0.3 is 0 Å². The highest BCUT2D eigenvalue weighted by Gasteiger charge is 2.16. The largest absolute Gasteiger partial charge is 0.378 e. The summed E-state index contributed by atoms with van der Waals surface area (Å²) in [5, 5.41) is 2.75. The first kappa shape index (κ1) is 19.8. The van der Waals surface area contributed by atoms with Gasteiger partial charge < -0.3 is 24.8 Å². The number of hydrogen-bond donors (Lipinski definition) is 1. The average molecular weight is 374 g/mol. The number of Topliss-reactive ketones (excluding diaryl/α,β-unsaturated/α-hetero) is 1. The molecule has 7 nitrogen and oxygen atoms in total. The zero-order chi connectivity index (χ0) is 19.1. The van der Waals surface area contributed by atoms with Crippen molar-refractivity contribution in [2.24, 2.45) is 0 Å². The van der Waals surface area contributed by atoms with Crippen LogP contribution in [0.15, 0.2) is 24.3 Å². The van der Waals surface area contributed by atoms with Crippen molar-refractivity contribution in [3.63, 3.8) is 0 Å². The van der Waals surface area contributed by atoms with Crippen LogP contribution in [0.4, 0.5) is 5.69 Å². The number of carbonyl (C=O) groups is 2. The maximum absolute atomic E-state index is 12.3. The number of likely N-dealkylation sites (N-methyl/N-ethyl adjacent to an activating group) is 1. The lowest BCUT2D eigenvalue weighted by molar-refractivity contribution is -0.121. The summed E-state index contributed by atoms with van der Waals surface area (Å²) in [6.07, 6.45) is 0.437. The molecule has 0 bridgehead atoms. The van der Waals surface area contributed by atoms with Crippen molar-refractivity contribution >= 4 is 17.4 Å². The Morgan fingerprint density at radius 3 is 2.33 bits per heavy atom. The number of hydrogen-bond acceptors (Lipinski definition) is 6. The van der Waals surface area contributed by atoms with Gasteiger partial charge in [0, 0.05) is 63.5 Å². The molecule has 27 heavy (non-hydrogen) atoms. The van der Waals surface area contributed by atoms with Crippen molar-refractivity contribution in [2.45, 2.75) is 6.42 Å². The minimum absolute atomic E-state index is 0.0540. The van der Waals surface area contributed by atoms with E-state index in [2.05, 4.69) is 27.1 Å². The van der Waals surface area contributed by atoms with Crippen LogP contribution in [0.25, 0.3) is 0 Å². The van der Waals surface area contributed by atoms with Crippen LogP contribution in [0.2, 0.25) is 0 Å². The highest BCUT2D eigenvalue weighted by molar-refractivity contribution is 5.99. The van der Waals surface area contributed by atoms with Crippen molar-refractivity contribution in [1.29, 1.82) is 0 Å². The van der Waals surface area contributed by atoms with Crippen molar-refractivity contribution in [3.05, 3.63) is 29.8 Å². The minimum atomic E-state index is -0.0628. The molecule has 0 aromatic heterocycles.